The minimum absolute atomic E-state index is 0.00315. The molecule has 1 aromatic rings. The molecule has 0 spiro atoms. The summed E-state index contributed by atoms with van der Waals surface area (Å²) in [5.74, 6) is -1.80. The summed E-state index contributed by atoms with van der Waals surface area (Å²) in [7, 11) is 3.23. The number of amides is 1. The van der Waals surface area contributed by atoms with E-state index < -0.39 is 17.0 Å². The van der Waals surface area contributed by atoms with Crippen molar-refractivity contribution >= 4 is 23.6 Å². The lowest BCUT2D eigenvalue weighted by Gasteiger charge is -2.16. The van der Waals surface area contributed by atoms with Crippen LogP contribution in [0.2, 0.25) is 0 Å². The minimum Gasteiger partial charge on any atom is -0.478 e. The Hall–Kier alpha value is -1.56. The number of thioether (sulfide) groups is 1. The molecular weight excluding hydrogens is 257 g/mol. The number of carbonyl (C=O) groups excluding carboxylic acids is 1. The van der Waals surface area contributed by atoms with Gasteiger partial charge in [-0.05, 0) is 25.1 Å². The molecule has 0 aliphatic heterocycles. The number of hydrogen-bond donors (Lipinski definition) is 1. The van der Waals surface area contributed by atoms with Gasteiger partial charge in [-0.15, -0.1) is 11.8 Å². The van der Waals surface area contributed by atoms with E-state index in [2.05, 4.69) is 0 Å². The zero-order valence-corrected chi connectivity index (χ0v) is 11.1. The first kappa shape index (κ1) is 14.5. The summed E-state index contributed by atoms with van der Waals surface area (Å²) in [5.41, 5.74) is 0.00315. The van der Waals surface area contributed by atoms with Crippen LogP contribution in [-0.4, -0.2) is 41.2 Å². The monoisotopic (exact) mass is 271 g/mol. The third-order valence-electron chi connectivity index (χ3n) is 2.27. The van der Waals surface area contributed by atoms with Gasteiger partial charge in [-0.1, -0.05) is 0 Å². The van der Waals surface area contributed by atoms with Crippen LogP contribution in [0.15, 0.2) is 23.1 Å². The number of carbonyl (C=O) groups is 2. The molecule has 0 saturated carbocycles. The van der Waals surface area contributed by atoms with E-state index in [1.165, 1.54) is 17.0 Å². The minimum atomic E-state index is -1.12. The van der Waals surface area contributed by atoms with Crippen molar-refractivity contribution < 1.29 is 19.1 Å². The van der Waals surface area contributed by atoms with E-state index in [9.17, 15) is 14.0 Å². The number of hydrogen-bond acceptors (Lipinski definition) is 3. The van der Waals surface area contributed by atoms with Gasteiger partial charge < -0.3 is 10.0 Å². The Bertz CT molecular complexity index is 476. The van der Waals surface area contributed by atoms with Crippen LogP contribution in [0, 0.1) is 5.82 Å². The van der Waals surface area contributed by atoms with Gasteiger partial charge in [-0.2, -0.15) is 0 Å². The number of carboxylic acids is 1. The van der Waals surface area contributed by atoms with Gasteiger partial charge in [0.25, 0.3) is 0 Å². The van der Waals surface area contributed by atoms with Crippen LogP contribution in [0.3, 0.4) is 0 Å². The maximum Gasteiger partial charge on any atom is 0.335 e. The fraction of sp³-hybridized carbons (Fsp3) is 0.333. The Morgan fingerprint density at radius 2 is 2.00 bits per heavy atom. The second-order valence-electron chi connectivity index (χ2n) is 3.94. The lowest BCUT2D eigenvalue weighted by atomic mass is 10.2. The molecule has 0 aliphatic carbocycles. The van der Waals surface area contributed by atoms with Crippen molar-refractivity contribution in [3.63, 3.8) is 0 Å². The largest absolute Gasteiger partial charge is 0.478 e. The van der Waals surface area contributed by atoms with Gasteiger partial charge in [-0.25, -0.2) is 9.18 Å². The van der Waals surface area contributed by atoms with Gasteiger partial charge in [0.05, 0.1) is 10.8 Å². The number of carboxylic acid groups (broad SMARTS) is 1. The number of benzene rings is 1. The second-order valence-corrected chi connectivity index (χ2v) is 5.33. The number of aromatic carboxylic acids is 1. The van der Waals surface area contributed by atoms with Crippen LogP contribution in [0.5, 0.6) is 0 Å². The summed E-state index contributed by atoms with van der Waals surface area (Å²) >= 11 is 1.01. The Morgan fingerprint density at radius 1 is 1.39 bits per heavy atom. The summed E-state index contributed by atoms with van der Waals surface area (Å²) in [6.07, 6.45) is 0. The van der Waals surface area contributed by atoms with Gasteiger partial charge in [0, 0.05) is 19.0 Å². The highest BCUT2D eigenvalue weighted by atomic mass is 32.2. The topological polar surface area (TPSA) is 57.6 Å². The summed E-state index contributed by atoms with van der Waals surface area (Å²) in [6.45, 7) is 1.65. The van der Waals surface area contributed by atoms with E-state index in [1.54, 1.807) is 21.0 Å². The standard InChI is InChI=1S/C12H14FNO3S/c1-7(11(15)14(2)3)18-10-6-8(12(16)17)4-5-9(10)13/h4-7H,1-3H3,(H,16,17). The molecule has 0 aliphatic rings. The summed E-state index contributed by atoms with van der Waals surface area (Å²) in [6, 6.07) is 3.53. The van der Waals surface area contributed by atoms with Crippen molar-refractivity contribution in [3.05, 3.63) is 29.6 Å². The quantitative estimate of drug-likeness (QED) is 0.852. The first-order valence-electron chi connectivity index (χ1n) is 5.23. The molecule has 0 fully saturated rings. The summed E-state index contributed by atoms with van der Waals surface area (Å²) in [4.78, 5) is 24.0. The van der Waals surface area contributed by atoms with Crippen molar-refractivity contribution in [2.45, 2.75) is 17.1 Å². The molecule has 1 N–H and O–H groups in total. The first-order valence-corrected chi connectivity index (χ1v) is 6.11. The zero-order valence-electron chi connectivity index (χ0n) is 10.3. The lowest BCUT2D eigenvalue weighted by molar-refractivity contribution is -0.127. The Balaban J connectivity index is 2.93. The predicted octanol–water partition coefficient (Wildman–Crippen LogP) is 2.09. The highest BCUT2D eigenvalue weighted by molar-refractivity contribution is 8.00. The van der Waals surface area contributed by atoms with Crippen molar-refractivity contribution in [1.82, 2.24) is 4.90 Å². The smallest absolute Gasteiger partial charge is 0.335 e. The van der Waals surface area contributed by atoms with E-state index >= 15 is 0 Å². The van der Waals surface area contributed by atoms with Crippen molar-refractivity contribution in [2.75, 3.05) is 14.1 Å². The van der Waals surface area contributed by atoms with Crippen LogP contribution < -0.4 is 0 Å². The predicted molar refractivity (Wildman–Crippen MR) is 67.4 cm³/mol. The van der Waals surface area contributed by atoms with E-state index in [0.29, 0.717) is 0 Å². The summed E-state index contributed by atoms with van der Waals surface area (Å²) in [5, 5.41) is 8.35. The molecular formula is C12H14FNO3S. The maximum atomic E-state index is 13.5. The fourth-order valence-electron chi connectivity index (χ4n) is 1.33. The lowest BCUT2D eigenvalue weighted by Crippen LogP contribution is -2.29. The fourth-order valence-corrected chi connectivity index (χ4v) is 2.40. The molecule has 6 heteroatoms. The van der Waals surface area contributed by atoms with Crippen molar-refractivity contribution in [1.29, 1.82) is 0 Å². The molecule has 0 bridgehead atoms. The molecule has 1 unspecified atom stereocenters. The Morgan fingerprint density at radius 3 is 2.50 bits per heavy atom. The zero-order chi connectivity index (χ0) is 13.9. The molecule has 0 aromatic heterocycles. The molecule has 0 heterocycles. The molecule has 4 nitrogen and oxygen atoms in total. The van der Waals surface area contributed by atoms with Gasteiger partial charge in [0.1, 0.15) is 5.82 Å². The first-order chi connectivity index (χ1) is 8.32. The van der Waals surface area contributed by atoms with E-state index in [4.69, 9.17) is 5.11 Å². The Labute approximate surface area is 109 Å². The Kier molecular flexibility index (Phi) is 4.72. The number of nitrogens with zero attached hydrogens (tertiary/aromatic N) is 1. The summed E-state index contributed by atoms with van der Waals surface area (Å²) < 4.78 is 13.5. The number of halogens is 1. The molecule has 0 saturated heterocycles. The van der Waals surface area contributed by atoms with Crippen LogP contribution in [0.4, 0.5) is 4.39 Å². The van der Waals surface area contributed by atoms with Crippen molar-refractivity contribution in [2.24, 2.45) is 0 Å². The normalized spacial score (nSPS) is 12.0. The molecule has 1 aromatic carbocycles. The van der Waals surface area contributed by atoms with E-state index in [-0.39, 0.29) is 16.4 Å². The highest BCUT2D eigenvalue weighted by Crippen LogP contribution is 2.27. The molecule has 1 atom stereocenters. The highest BCUT2D eigenvalue weighted by Gasteiger charge is 2.19. The van der Waals surface area contributed by atoms with Crippen LogP contribution >= 0.6 is 11.8 Å². The van der Waals surface area contributed by atoms with Crippen LogP contribution in [0.25, 0.3) is 0 Å². The SMILES string of the molecule is CC(Sc1cc(C(=O)O)ccc1F)C(=O)N(C)C. The van der Waals surface area contributed by atoms with Crippen molar-refractivity contribution in [3.8, 4) is 0 Å². The molecule has 98 valence electrons. The average Bonchev–Trinajstić information content (AvgIpc) is 2.30. The molecule has 1 rings (SSSR count). The molecule has 18 heavy (non-hydrogen) atoms. The van der Waals surface area contributed by atoms with Crippen LogP contribution in [0.1, 0.15) is 17.3 Å². The average molecular weight is 271 g/mol. The number of rotatable bonds is 4. The third kappa shape index (κ3) is 3.46. The van der Waals surface area contributed by atoms with Gasteiger partial charge in [0.2, 0.25) is 5.91 Å². The maximum absolute atomic E-state index is 13.5. The van der Waals surface area contributed by atoms with Gasteiger partial charge in [-0.3, -0.25) is 4.79 Å². The van der Waals surface area contributed by atoms with Crippen LogP contribution in [-0.2, 0) is 4.79 Å². The molecule has 1 amide bonds. The third-order valence-corrected chi connectivity index (χ3v) is 3.39. The van der Waals surface area contributed by atoms with Gasteiger partial charge >= 0.3 is 5.97 Å². The van der Waals surface area contributed by atoms with Gasteiger partial charge in [0.15, 0.2) is 0 Å². The van der Waals surface area contributed by atoms with E-state index in [0.717, 1.165) is 17.8 Å². The second kappa shape index (κ2) is 5.86. The molecule has 0 radical (unpaired) electrons. The van der Waals surface area contributed by atoms with E-state index in [1.807, 2.05) is 0 Å².